The van der Waals surface area contributed by atoms with E-state index >= 15 is 0 Å². The fourth-order valence-corrected chi connectivity index (χ4v) is 1.93. The van der Waals surface area contributed by atoms with Gasteiger partial charge in [-0.15, -0.1) is 0 Å². The predicted octanol–water partition coefficient (Wildman–Crippen LogP) is -14.7. The molecule has 0 bridgehead atoms. The first-order valence-corrected chi connectivity index (χ1v) is 7.56. The van der Waals surface area contributed by atoms with Gasteiger partial charge in [0.2, 0.25) is 0 Å². The Kier molecular flexibility index (Phi) is 25.9. The van der Waals surface area contributed by atoms with Crippen molar-refractivity contribution < 1.29 is 133 Å². The maximum atomic E-state index is 11.3. The van der Waals surface area contributed by atoms with Crippen LogP contribution >= 0.6 is 0 Å². The van der Waals surface area contributed by atoms with Gasteiger partial charge in [-0.25, -0.2) is 4.79 Å². The molecule has 148 valence electrons. The number of carboxylic acid groups (broad SMARTS) is 3. The van der Waals surface area contributed by atoms with Crippen LogP contribution in [0, 0.1) is 0 Å². The summed E-state index contributed by atoms with van der Waals surface area (Å²) >= 11 is 0. The van der Waals surface area contributed by atoms with Gasteiger partial charge in [-0.1, -0.05) is 6.58 Å². The molecule has 11 nitrogen and oxygen atoms in total. The van der Waals surface area contributed by atoms with Crippen LogP contribution in [0.25, 0.3) is 0 Å². The van der Waals surface area contributed by atoms with Crippen LogP contribution in [0.1, 0.15) is 6.92 Å². The summed E-state index contributed by atoms with van der Waals surface area (Å²) in [5.74, 6) is -5.19. The normalized spacial score (nSPS) is 10.8. The maximum Gasteiger partial charge on any atom is 1.00 e. The van der Waals surface area contributed by atoms with Crippen molar-refractivity contribution in [3.8, 4) is 0 Å². The zero-order valence-corrected chi connectivity index (χ0v) is 23.3. The Labute approximate surface area is 235 Å². The number of carboxylic acids is 3. The Hall–Kier alpha value is 0.500. The number of aliphatic hydroxyl groups excluding tert-OH is 1. The van der Waals surface area contributed by atoms with Crippen LogP contribution in [0.4, 0.5) is 0 Å². The van der Waals surface area contributed by atoms with Crippen LogP contribution in [-0.4, -0.2) is 90.8 Å². The van der Waals surface area contributed by atoms with Crippen LogP contribution in [0.5, 0.6) is 0 Å². The van der Waals surface area contributed by atoms with E-state index in [-0.39, 0.29) is 114 Å². The first-order chi connectivity index (χ1) is 12.0. The summed E-state index contributed by atoms with van der Waals surface area (Å²) < 4.78 is 4.74. The zero-order chi connectivity index (χ0) is 20.3. The van der Waals surface area contributed by atoms with Gasteiger partial charge in [-0.05, 0) is 6.92 Å². The molecule has 0 fully saturated rings. The molecule has 0 aliphatic heterocycles. The number of hydrogen-bond acceptors (Lipinski definition) is 11. The van der Waals surface area contributed by atoms with Crippen LogP contribution < -0.4 is 104 Å². The number of ether oxygens (including phenoxy) is 1. The number of rotatable bonds is 14. The largest absolute Gasteiger partial charge is 1.00 e. The van der Waals surface area contributed by atoms with Gasteiger partial charge in [-0.3, -0.25) is 9.80 Å². The van der Waals surface area contributed by atoms with E-state index in [1.807, 2.05) is 0 Å². The molecule has 29 heavy (non-hydrogen) atoms. The molecule has 0 radical (unpaired) electrons. The molecule has 1 atom stereocenters. The third-order valence-corrected chi connectivity index (χ3v) is 3.01. The molecule has 0 aromatic heterocycles. The molecule has 0 spiro atoms. The molecule has 0 aliphatic rings. The fourth-order valence-electron chi connectivity index (χ4n) is 1.93. The third-order valence-electron chi connectivity index (χ3n) is 3.01. The standard InChI is InChI=1S/C15H24N2O9.3Na/c1-10(2)15(25)26-9-11(18)5-16(6-12(19)20)3-4-17(7-13(21)22)8-14(23)24;;;/h11,18H,1,3-9H2,2H3,(H,19,20)(H,21,22)(H,23,24);;;/q;3*+1/p-3. The number of esters is 1. The van der Waals surface area contributed by atoms with E-state index in [9.17, 15) is 39.6 Å². The summed E-state index contributed by atoms with van der Waals surface area (Å²) in [4.78, 5) is 45.4. The van der Waals surface area contributed by atoms with E-state index in [1.165, 1.54) is 11.8 Å². The number of carbonyl (C=O) groups is 4. The Balaban J connectivity index is -0.00000104. The minimum Gasteiger partial charge on any atom is -0.549 e. The van der Waals surface area contributed by atoms with Gasteiger partial charge in [0.1, 0.15) is 12.7 Å². The molecule has 0 aromatic rings. The fraction of sp³-hybridized carbons (Fsp3) is 0.600. The van der Waals surface area contributed by atoms with Crippen molar-refractivity contribution >= 4 is 23.9 Å². The van der Waals surface area contributed by atoms with Crippen molar-refractivity contribution in [2.45, 2.75) is 13.0 Å². The molecule has 1 N–H and O–H groups in total. The second kappa shape index (κ2) is 20.4. The van der Waals surface area contributed by atoms with Gasteiger partial charge in [0, 0.05) is 44.8 Å². The Morgan fingerprint density at radius 3 is 1.66 bits per heavy atom. The van der Waals surface area contributed by atoms with Gasteiger partial charge in [0.15, 0.2) is 0 Å². The quantitative estimate of drug-likeness (QED) is 0.154. The summed E-state index contributed by atoms with van der Waals surface area (Å²) in [5.41, 5.74) is 0.129. The molecule has 14 heteroatoms. The summed E-state index contributed by atoms with van der Waals surface area (Å²) in [7, 11) is 0. The first-order valence-electron chi connectivity index (χ1n) is 7.56. The van der Waals surface area contributed by atoms with Crippen LogP contribution in [0.2, 0.25) is 0 Å². The van der Waals surface area contributed by atoms with E-state index in [2.05, 4.69) is 6.58 Å². The van der Waals surface area contributed by atoms with Crippen molar-refractivity contribution in [1.29, 1.82) is 0 Å². The summed E-state index contributed by atoms with van der Waals surface area (Å²) in [6.07, 6.45) is -1.23. The molecule has 0 heterocycles. The van der Waals surface area contributed by atoms with Crippen LogP contribution in [0.15, 0.2) is 12.2 Å². The Morgan fingerprint density at radius 1 is 0.897 bits per heavy atom. The zero-order valence-electron chi connectivity index (χ0n) is 17.3. The van der Waals surface area contributed by atoms with E-state index in [0.717, 1.165) is 4.90 Å². The van der Waals surface area contributed by atoms with Gasteiger partial charge in [-0.2, -0.15) is 0 Å². The van der Waals surface area contributed by atoms with Gasteiger partial charge >= 0.3 is 94.6 Å². The monoisotopic (exact) mass is 442 g/mol. The number of nitrogens with zero attached hydrogens (tertiary/aromatic N) is 2. The molecule has 0 amide bonds. The number of carbonyl (C=O) groups excluding carboxylic acids is 4. The minimum absolute atomic E-state index is 0. The molecule has 1 unspecified atom stereocenters. The molecular formula is C15H21N2Na3O9. The average molecular weight is 442 g/mol. The first kappa shape index (κ1) is 36.8. The Bertz CT molecular complexity index is 533. The topological polar surface area (TPSA) is 173 Å². The predicted molar refractivity (Wildman–Crippen MR) is 79.7 cm³/mol. The number of hydrogen-bond donors (Lipinski definition) is 1. The molecule has 0 aromatic carbocycles. The summed E-state index contributed by atoms with van der Waals surface area (Å²) in [5, 5.41) is 41.9. The molecular weight excluding hydrogens is 421 g/mol. The third kappa shape index (κ3) is 21.5. The summed E-state index contributed by atoms with van der Waals surface area (Å²) in [6, 6.07) is 0. The smallest absolute Gasteiger partial charge is 0.549 e. The van der Waals surface area contributed by atoms with E-state index in [4.69, 9.17) is 4.74 Å². The second-order valence-electron chi connectivity index (χ2n) is 5.59. The second-order valence-corrected chi connectivity index (χ2v) is 5.59. The van der Waals surface area contributed by atoms with Gasteiger partial charge in [0.05, 0.1) is 17.9 Å². The van der Waals surface area contributed by atoms with E-state index in [0.29, 0.717) is 0 Å². The number of aliphatic carboxylic acids is 3. The van der Waals surface area contributed by atoms with Crippen LogP contribution in [0.3, 0.4) is 0 Å². The molecule has 0 rings (SSSR count). The van der Waals surface area contributed by atoms with Crippen molar-refractivity contribution in [3.05, 3.63) is 12.2 Å². The number of aliphatic hydroxyl groups is 1. The van der Waals surface area contributed by atoms with Gasteiger partial charge < -0.3 is 39.5 Å². The maximum absolute atomic E-state index is 11.3. The molecule has 0 saturated heterocycles. The molecule has 0 aliphatic carbocycles. The summed E-state index contributed by atoms with van der Waals surface area (Å²) in [6.45, 7) is 1.92. The van der Waals surface area contributed by atoms with Gasteiger partial charge in [0.25, 0.3) is 0 Å². The molecule has 0 saturated carbocycles. The van der Waals surface area contributed by atoms with Crippen molar-refractivity contribution in [1.82, 2.24) is 9.80 Å². The van der Waals surface area contributed by atoms with Crippen LogP contribution in [-0.2, 0) is 23.9 Å². The SMILES string of the molecule is C=C(C)C(=O)OCC(O)CN(CCN(CC(=O)[O-])CC(=O)[O-])CC(=O)[O-].[Na+].[Na+].[Na+]. The Morgan fingerprint density at radius 2 is 1.28 bits per heavy atom. The van der Waals surface area contributed by atoms with Crippen molar-refractivity contribution in [2.75, 3.05) is 45.9 Å². The van der Waals surface area contributed by atoms with Crippen molar-refractivity contribution in [2.24, 2.45) is 0 Å². The average Bonchev–Trinajstić information content (AvgIpc) is 2.48. The minimum atomic E-state index is -1.51. The van der Waals surface area contributed by atoms with E-state index < -0.39 is 56.2 Å². The van der Waals surface area contributed by atoms with Crippen molar-refractivity contribution in [3.63, 3.8) is 0 Å². The van der Waals surface area contributed by atoms with E-state index in [1.54, 1.807) is 0 Å².